The summed E-state index contributed by atoms with van der Waals surface area (Å²) in [6.45, 7) is 4.21. The first-order valence-corrected chi connectivity index (χ1v) is 6.00. The third-order valence-corrected chi connectivity index (χ3v) is 2.74. The first-order chi connectivity index (χ1) is 7.50. The second-order valence-corrected chi connectivity index (χ2v) is 4.58. The number of nitrogens with zero attached hydrogens (tertiary/aromatic N) is 1. The predicted molar refractivity (Wildman–Crippen MR) is 61.2 cm³/mol. The normalized spacial score (nSPS) is 15.8. The number of urea groups is 1. The predicted octanol–water partition coefficient (Wildman–Crippen LogP) is 0.389. The van der Waals surface area contributed by atoms with Gasteiger partial charge in [0.25, 0.3) is 5.24 Å². The Kier molecular flexibility index (Phi) is 4.60. The van der Waals surface area contributed by atoms with Crippen LogP contribution < -0.4 is 10.6 Å². The van der Waals surface area contributed by atoms with Crippen LogP contribution in [-0.2, 0) is 4.79 Å². The highest BCUT2D eigenvalue weighted by molar-refractivity contribution is 8.14. The van der Waals surface area contributed by atoms with Gasteiger partial charge in [-0.05, 0) is 13.8 Å². The van der Waals surface area contributed by atoms with Crippen molar-refractivity contribution in [2.75, 3.05) is 18.8 Å². The fourth-order valence-electron chi connectivity index (χ4n) is 1.19. The van der Waals surface area contributed by atoms with Crippen molar-refractivity contribution in [1.29, 1.82) is 0 Å². The molecule has 0 radical (unpaired) electrons. The van der Waals surface area contributed by atoms with Crippen molar-refractivity contribution in [3.05, 3.63) is 0 Å². The summed E-state index contributed by atoms with van der Waals surface area (Å²) in [5.74, 6) is 0.0119. The molecule has 0 bridgehead atoms. The first kappa shape index (κ1) is 12.8. The number of carbonyl (C=O) groups excluding carboxylic acids is 3. The van der Waals surface area contributed by atoms with Crippen molar-refractivity contribution in [2.45, 2.75) is 19.9 Å². The lowest BCUT2D eigenvalue weighted by Crippen LogP contribution is -2.43. The summed E-state index contributed by atoms with van der Waals surface area (Å²) in [6.07, 6.45) is 0. The van der Waals surface area contributed by atoms with Gasteiger partial charge in [-0.25, -0.2) is 4.79 Å². The molecule has 0 aromatic rings. The summed E-state index contributed by atoms with van der Waals surface area (Å²) in [4.78, 5) is 34.7. The SMILES string of the molecule is CC(C)NC(=O)NCCN1C(=O)CSC1=O. The van der Waals surface area contributed by atoms with Gasteiger partial charge < -0.3 is 10.6 Å². The largest absolute Gasteiger partial charge is 0.336 e. The van der Waals surface area contributed by atoms with Crippen LogP contribution in [-0.4, -0.2) is 47.0 Å². The monoisotopic (exact) mass is 245 g/mol. The Morgan fingerprint density at radius 2 is 2.19 bits per heavy atom. The van der Waals surface area contributed by atoms with E-state index in [-0.39, 0.29) is 42.1 Å². The summed E-state index contributed by atoms with van der Waals surface area (Å²) < 4.78 is 0. The fraction of sp³-hybridized carbons (Fsp3) is 0.667. The van der Waals surface area contributed by atoms with E-state index in [0.717, 1.165) is 16.7 Å². The Hall–Kier alpha value is -1.24. The Bertz CT molecular complexity index is 290. The molecule has 0 atom stereocenters. The van der Waals surface area contributed by atoms with Gasteiger partial charge in [-0.3, -0.25) is 14.5 Å². The summed E-state index contributed by atoms with van der Waals surface area (Å²) in [5, 5.41) is 4.98. The van der Waals surface area contributed by atoms with Crippen LogP contribution in [0.3, 0.4) is 0 Å². The first-order valence-electron chi connectivity index (χ1n) is 5.02. The average Bonchev–Trinajstić information content (AvgIpc) is 2.47. The van der Waals surface area contributed by atoms with Gasteiger partial charge in [-0.1, -0.05) is 11.8 Å². The molecule has 4 amide bonds. The third-order valence-electron chi connectivity index (χ3n) is 1.88. The molecule has 1 heterocycles. The van der Waals surface area contributed by atoms with E-state index >= 15 is 0 Å². The second kappa shape index (κ2) is 5.74. The van der Waals surface area contributed by atoms with E-state index in [2.05, 4.69) is 10.6 Å². The second-order valence-electron chi connectivity index (χ2n) is 3.65. The van der Waals surface area contributed by atoms with Gasteiger partial charge in [0, 0.05) is 19.1 Å². The van der Waals surface area contributed by atoms with Crippen molar-refractivity contribution >= 4 is 28.9 Å². The molecule has 1 aliphatic heterocycles. The van der Waals surface area contributed by atoms with Crippen LogP contribution in [0.15, 0.2) is 0 Å². The molecule has 0 spiro atoms. The topological polar surface area (TPSA) is 78.5 Å². The average molecular weight is 245 g/mol. The van der Waals surface area contributed by atoms with Crippen molar-refractivity contribution in [3.63, 3.8) is 0 Å². The number of carbonyl (C=O) groups is 3. The molecule has 1 saturated heterocycles. The molecule has 1 fully saturated rings. The third kappa shape index (κ3) is 3.73. The molecule has 0 aromatic carbocycles. The Morgan fingerprint density at radius 3 is 2.69 bits per heavy atom. The summed E-state index contributed by atoms with van der Waals surface area (Å²) in [5.41, 5.74) is 0. The maximum atomic E-state index is 11.2. The van der Waals surface area contributed by atoms with E-state index < -0.39 is 0 Å². The standard InChI is InChI=1S/C9H15N3O3S/c1-6(2)11-8(14)10-3-4-12-7(13)5-16-9(12)15/h6H,3-5H2,1-2H3,(H2,10,11,14). The van der Waals surface area contributed by atoms with Gasteiger partial charge in [0.15, 0.2) is 0 Å². The summed E-state index contributed by atoms with van der Waals surface area (Å²) in [7, 11) is 0. The van der Waals surface area contributed by atoms with Gasteiger partial charge in [0.05, 0.1) is 5.75 Å². The van der Waals surface area contributed by atoms with Gasteiger partial charge in [-0.15, -0.1) is 0 Å². The number of hydrogen-bond donors (Lipinski definition) is 2. The molecule has 90 valence electrons. The van der Waals surface area contributed by atoms with E-state index in [0.29, 0.717) is 0 Å². The van der Waals surface area contributed by atoms with Gasteiger partial charge in [0.1, 0.15) is 0 Å². The lowest BCUT2D eigenvalue weighted by atomic mass is 10.4. The van der Waals surface area contributed by atoms with Gasteiger partial charge in [-0.2, -0.15) is 0 Å². The zero-order chi connectivity index (χ0) is 12.1. The molecular formula is C9H15N3O3S. The van der Waals surface area contributed by atoms with Crippen molar-refractivity contribution in [3.8, 4) is 0 Å². The minimum Gasteiger partial charge on any atom is -0.336 e. The highest BCUT2D eigenvalue weighted by atomic mass is 32.2. The Labute approximate surface area is 98.1 Å². The van der Waals surface area contributed by atoms with E-state index in [4.69, 9.17) is 0 Å². The van der Waals surface area contributed by atoms with Crippen molar-refractivity contribution in [1.82, 2.24) is 15.5 Å². The molecular weight excluding hydrogens is 230 g/mol. The summed E-state index contributed by atoms with van der Waals surface area (Å²) in [6, 6.07) is -0.229. The number of imide groups is 1. The lowest BCUT2D eigenvalue weighted by Gasteiger charge is -2.14. The Morgan fingerprint density at radius 1 is 1.50 bits per heavy atom. The van der Waals surface area contributed by atoms with Crippen LogP contribution in [0, 0.1) is 0 Å². The van der Waals surface area contributed by atoms with E-state index in [1.54, 1.807) is 0 Å². The van der Waals surface area contributed by atoms with Crippen molar-refractivity contribution in [2.24, 2.45) is 0 Å². The van der Waals surface area contributed by atoms with Crippen LogP contribution in [0.5, 0.6) is 0 Å². The Balaban J connectivity index is 2.22. The quantitative estimate of drug-likeness (QED) is 0.751. The fourth-order valence-corrected chi connectivity index (χ4v) is 1.94. The summed E-state index contributed by atoms with van der Waals surface area (Å²) >= 11 is 0.992. The minimum absolute atomic E-state index is 0.0607. The van der Waals surface area contributed by atoms with Gasteiger partial charge in [0.2, 0.25) is 5.91 Å². The molecule has 7 heteroatoms. The zero-order valence-corrected chi connectivity index (χ0v) is 10.1. The van der Waals surface area contributed by atoms with E-state index in [1.807, 2.05) is 13.8 Å². The number of rotatable bonds is 4. The van der Waals surface area contributed by atoms with Gasteiger partial charge >= 0.3 is 6.03 Å². The van der Waals surface area contributed by atoms with E-state index in [9.17, 15) is 14.4 Å². The number of amides is 4. The van der Waals surface area contributed by atoms with Crippen LogP contribution in [0.4, 0.5) is 9.59 Å². The lowest BCUT2D eigenvalue weighted by molar-refractivity contribution is -0.124. The maximum absolute atomic E-state index is 11.2. The minimum atomic E-state index is -0.290. The number of nitrogens with one attached hydrogen (secondary N) is 2. The van der Waals surface area contributed by atoms with Crippen LogP contribution >= 0.6 is 11.8 Å². The highest BCUT2D eigenvalue weighted by Gasteiger charge is 2.29. The highest BCUT2D eigenvalue weighted by Crippen LogP contribution is 2.17. The molecule has 0 aliphatic carbocycles. The molecule has 0 aromatic heterocycles. The van der Waals surface area contributed by atoms with Crippen LogP contribution in [0.25, 0.3) is 0 Å². The number of hydrogen-bond acceptors (Lipinski definition) is 4. The molecule has 6 nitrogen and oxygen atoms in total. The zero-order valence-electron chi connectivity index (χ0n) is 9.28. The van der Waals surface area contributed by atoms with Crippen LogP contribution in [0.2, 0.25) is 0 Å². The maximum Gasteiger partial charge on any atom is 0.315 e. The number of thioether (sulfide) groups is 1. The van der Waals surface area contributed by atoms with E-state index in [1.165, 1.54) is 0 Å². The molecule has 16 heavy (non-hydrogen) atoms. The molecule has 0 unspecified atom stereocenters. The smallest absolute Gasteiger partial charge is 0.315 e. The molecule has 1 rings (SSSR count). The van der Waals surface area contributed by atoms with Crippen molar-refractivity contribution < 1.29 is 14.4 Å². The molecule has 0 saturated carbocycles. The van der Waals surface area contributed by atoms with Crippen LogP contribution in [0.1, 0.15) is 13.8 Å². The molecule has 2 N–H and O–H groups in total. The molecule has 1 aliphatic rings.